The quantitative estimate of drug-likeness (QED) is 0.667. The molecule has 0 unspecified atom stereocenters. The van der Waals surface area contributed by atoms with Crippen LogP contribution in [0.1, 0.15) is 0 Å². The molecule has 4 nitrogen and oxygen atoms in total. The van der Waals surface area contributed by atoms with Gasteiger partial charge in [0.25, 0.3) is 5.89 Å². The number of pyridine rings is 1. The van der Waals surface area contributed by atoms with Crippen LogP contribution in [0.3, 0.4) is 0 Å². The molecule has 6 heteroatoms. The van der Waals surface area contributed by atoms with Crippen molar-refractivity contribution in [2.45, 2.75) is 0 Å². The molecule has 3 aromatic rings. The summed E-state index contributed by atoms with van der Waals surface area (Å²) in [5, 5.41) is 4.97. The third kappa shape index (κ3) is 2.59. The van der Waals surface area contributed by atoms with Crippen LogP contribution in [-0.2, 0) is 0 Å². The summed E-state index contributed by atoms with van der Waals surface area (Å²) in [6.07, 6.45) is 1.59. The van der Waals surface area contributed by atoms with E-state index in [1.165, 1.54) is 0 Å². The number of aromatic nitrogens is 3. The van der Waals surface area contributed by atoms with Gasteiger partial charge in [-0.05, 0) is 36.4 Å². The van der Waals surface area contributed by atoms with Gasteiger partial charge in [0.1, 0.15) is 5.15 Å². The molecule has 94 valence electrons. The molecule has 3 rings (SSSR count). The summed E-state index contributed by atoms with van der Waals surface area (Å²) in [6.45, 7) is 0. The fourth-order valence-electron chi connectivity index (χ4n) is 1.59. The molecule has 0 saturated heterocycles. The number of nitrogens with zero attached hydrogens (tertiary/aromatic N) is 3. The van der Waals surface area contributed by atoms with Crippen LogP contribution >= 0.6 is 23.2 Å². The molecule has 0 radical (unpaired) electrons. The maximum absolute atomic E-state index is 5.83. The molecular weight excluding hydrogens is 285 g/mol. The van der Waals surface area contributed by atoms with Gasteiger partial charge < -0.3 is 4.52 Å². The Balaban J connectivity index is 1.97. The first-order chi connectivity index (χ1) is 9.22. The van der Waals surface area contributed by atoms with Crippen molar-refractivity contribution in [2.75, 3.05) is 0 Å². The van der Waals surface area contributed by atoms with E-state index in [0.29, 0.717) is 21.9 Å². The number of hydrogen-bond acceptors (Lipinski definition) is 4. The minimum Gasteiger partial charge on any atom is -0.334 e. The van der Waals surface area contributed by atoms with Crippen LogP contribution in [0, 0.1) is 0 Å². The average Bonchev–Trinajstić information content (AvgIpc) is 2.89. The third-order valence-electron chi connectivity index (χ3n) is 2.50. The van der Waals surface area contributed by atoms with Crippen molar-refractivity contribution in [2.24, 2.45) is 0 Å². The van der Waals surface area contributed by atoms with Gasteiger partial charge in [-0.2, -0.15) is 4.98 Å². The molecule has 0 aliphatic heterocycles. The first kappa shape index (κ1) is 12.1. The van der Waals surface area contributed by atoms with Gasteiger partial charge in [-0.1, -0.05) is 28.4 Å². The Labute approximate surface area is 119 Å². The maximum atomic E-state index is 5.83. The maximum Gasteiger partial charge on any atom is 0.258 e. The summed E-state index contributed by atoms with van der Waals surface area (Å²) in [4.78, 5) is 8.22. The van der Waals surface area contributed by atoms with Gasteiger partial charge in [0.05, 0.1) is 0 Å². The summed E-state index contributed by atoms with van der Waals surface area (Å²) in [7, 11) is 0. The lowest BCUT2D eigenvalue weighted by Crippen LogP contribution is -1.82. The Hall–Kier alpha value is -1.91. The van der Waals surface area contributed by atoms with Crippen LogP contribution < -0.4 is 0 Å². The molecular formula is C13H7Cl2N3O. The zero-order valence-corrected chi connectivity index (χ0v) is 11.1. The standard InChI is InChI=1S/C13H7Cl2N3O/c14-10-3-1-8(2-4-10)12-17-13(19-18-12)9-5-6-16-11(15)7-9/h1-7H. The van der Waals surface area contributed by atoms with E-state index < -0.39 is 0 Å². The van der Waals surface area contributed by atoms with Crippen LogP contribution in [0.15, 0.2) is 47.1 Å². The van der Waals surface area contributed by atoms with Crippen LogP contribution in [0.2, 0.25) is 10.2 Å². The lowest BCUT2D eigenvalue weighted by molar-refractivity contribution is 0.432. The molecule has 0 fully saturated rings. The number of halogens is 2. The van der Waals surface area contributed by atoms with Crippen LogP contribution in [0.5, 0.6) is 0 Å². The first-order valence-corrected chi connectivity index (χ1v) is 6.19. The fraction of sp³-hybridized carbons (Fsp3) is 0. The summed E-state index contributed by atoms with van der Waals surface area (Å²) in [5.41, 5.74) is 1.56. The second kappa shape index (κ2) is 4.99. The van der Waals surface area contributed by atoms with E-state index >= 15 is 0 Å². The van der Waals surface area contributed by atoms with E-state index in [4.69, 9.17) is 27.7 Å². The molecule has 19 heavy (non-hydrogen) atoms. The van der Waals surface area contributed by atoms with Gasteiger partial charge in [-0.15, -0.1) is 0 Å². The predicted molar refractivity (Wildman–Crippen MR) is 73.0 cm³/mol. The molecule has 0 aliphatic rings. The van der Waals surface area contributed by atoms with Crippen molar-refractivity contribution in [1.82, 2.24) is 15.1 Å². The highest BCUT2D eigenvalue weighted by Gasteiger charge is 2.10. The average molecular weight is 292 g/mol. The summed E-state index contributed by atoms with van der Waals surface area (Å²) in [6, 6.07) is 10.6. The summed E-state index contributed by atoms with van der Waals surface area (Å²) < 4.78 is 5.21. The first-order valence-electron chi connectivity index (χ1n) is 5.44. The van der Waals surface area contributed by atoms with Gasteiger partial charge in [0.15, 0.2) is 0 Å². The Morgan fingerprint density at radius 2 is 1.74 bits per heavy atom. The van der Waals surface area contributed by atoms with Gasteiger partial charge in [-0.3, -0.25) is 0 Å². The normalized spacial score (nSPS) is 10.6. The van der Waals surface area contributed by atoms with Crippen molar-refractivity contribution < 1.29 is 4.52 Å². The molecule has 0 spiro atoms. The van der Waals surface area contributed by atoms with Gasteiger partial charge in [0, 0.05) is 22.3 Å². The molecule has 0 amide bonds. The van der Waals surface area contributed by atoms with Crippen molar-refractivity contribution >= 4 is 23.2 Å². The highest BCUT2D eigenvalue weighted by Crippen LogP contribution is 2.24. The van der Waals surface area contributed by atoms with Crippen LogP contribution in [0.25, 0.3) is 22.8 Å². The minimum absolute atomic E-state index is 0.378. The summed E-state index contributed by atoms with van der Waals surface area (Å²) >= 11 is 11.7. The summed E-state index contributed by atoms with van der Waals surface area (Å²) in [5.74, 6) is 0.897. The van der Waals surface area contributed by atoms with Crippen molar-refractivity contribution in [3.63, 3.8) is 0 Å². The van der Waals surface area contributed by atoms with E-state index in [9.17, 15) is 0 Å². The highest BCUT2D eigenvalue weighted by atomic mass is 35.5. The molecule has 0 saturated carbocycles. The lowest BCUT2D eigenvalue weighted by atomic mass is 10.2. The molecule has 1 aromatic carbocycles. The number of rotatable bonds is 2. The molecule has 0 bridgehead atoms. The molecule has 0 N–H and O–H groups in total. The van der Waals surface area contributed by atoms with Crippen LogP contribution in [-0.4, -0.2) is 15.1 Å². The minimum atomic E-state index is 0.378. The fourth-order valence-corrected chi connectivity index (χ4v) is 1.89. The Kier molecular flexibility index (Phi) is 3.19. The van der Waals surface area contributed by atoms with Crippen molar-refractivity contribution in [3.05, 3.63) is 52.8 Å². The second-order valence-electron chi connectivity index (χ2n) is 3.80. The Morgan fingerprint density at radius 1 is 0.947 bits per heavy atom. The Morgan fingerprint density at radius 3 is 2.47 bits per heavy atom. The van der Waals surface area contributed by atoms with Crippen molar-refractivity contribution in [3.8, 4) is 22.8 Å². The zero-order chi connectivity index (χ0) is 13.2. The predicted octanol–water partition coefficient (Wildman–Crippen LogP) is 4.11. The lowest BCUT2D eigenvalue weighted by Gasteiger charge is -1.94. The monoisotopic (exact) mass is 291 g/mol. The zero-order valence-electron chi connectivity index (χ0n) is 9.55. The second-order valence-corrected chi connectivity index (χ2v) is 4.62. The Bertz CT molecular complexity index is 710. The van der Waals surface area contributed by atoms with E-state index in [2.05, 4.69) is 15.1 Å². The molecule has 0 aliphatic carbocycles. The SMILES string of the molecule is Clc1ccc(-c2noc(-c3ccnc(Cl)c3)n2)cc1. The van der Waals surface area contributed by atoms with E-state index in [0.717, 1.165) is 11.1 Å². The third-order valence-corrected chi connectivity index (χ3v) is 2.96. The highest BCUT2D eigenvalue weighted by molar-refractivity contribution is 6.30. The molecule has 0 atom stereocenters. The molecule has 2 heterocycles. The van der Waals surface area contributed by atoms with Crippen molar-refractivity contribution in [1.29, 1.82) is 0 Å². The molecule has 2 aromatic heterocycles. The number of hydrogen-bond donors (Lipinski definition) is 0. The van der Waals surface area contributed by atoms with E-state index in [1.54, 1.807) is 30.5 Å². The van der Waals surface area contributed by atoms with Gasteiger partial charge in [0.2, 0.25) is 5.82 Å². The number of benzene rings is 1. The van der Waals surface area contributed by atoms with Gasteiger partial charge >= 0.3 is 0 Å². The smallest absolute Gasteiger partial charge is 0.258 e. The van der Waals surface area contributed by atoms with Crippen LogP contribution in [0.4, 0.5) is 0 Å². The van der Waals surface area contributed by atoms with Gasteiger partial charge in [-0.25, -0.2) is 4.98 Å². The largest absolute Gasteiger partial charge is 0.334 e. The van der Waals surface area contributed by atoms with E-state index in [-0.39, 0.29) is 0 Å². The van der Waals surface area contributed by atoms with E-state index in [1.807, 2.05) is 12.1 Å². The topological polar surface area (TPSA) is 51.8 Å².